The number of ether oxygens (including phenoxy) is 1. The van der Waals surface area contributed by atoms with Gasteiger partial charge in [-0.25, -0.2) is 0 Å². The third kappa shape index (κ3) is 4.57. The van der Waals surface area contributed by atoms with Crippen LogP contribution in [0.1, 0.15) is 37.0 Å². The molecular formula is C24H30N4O3. The van der Waals surface area contributed by atoms with Gasteiger partial charge < -0.3 is 20.1 Å². The molecule has 1 aromatic heterocycles. The molecule has 0 fully saturated rings. The SMILES string of the molecule is Cc1c(-c2noc(-c3ccc(OC(C)C)c(N)c3)n2)ccc2c1CCN(CCCO)C2. The Hall–Kier alpha value is -2.90. The molecule has 0 radical (unpaired) electrons. The van der Waals surface area contributed by atoms with Gasteiger partial charge in [0.2, 0.25) is 5.82 Å². The topological polar surface area (TPSA) is 97.6 Å². The number of fused-ring (bicyclic) bond motifs is 1. The third-order valence-corrected chi connectivity index (χ3v) is 5.69. The van der Waals surface area contributed by atoms with Crippen LogP contribution in [0.3, 0.4) is 0 Å². The summed E-state index contributed by atoms with van der Waals surface area (Å²) in [5.41, 5.74) is 12.3. The number of benzene rings is 2. The average molecular weight is 423 g/mol. The maximum atomic E-state index is 9.08. The molecule has 2 heterocycles. The molecule has 0 atom stereocenters. The van der Waals surface area contributed by atoms with Crippen LogP contribution in [0.2, 0.25) is 0 Å². The largest absolute Gasteiger partial charge is 0.489 e. The van der Waals surface area contributed by atoms with Crippen LogP contribution in [0, 0.1) is 6.92 Å². The Morgan fingerprint density at radius 2 is 2.10 bits per heavy atom. The van der Waals surface area contributed by atoms with Crippen LogP contribution in [0.15, 0.2) is 34.9 Å². The minimum atomic E-state index is 0.0527. The van der Waals surface area contributed by atoms with E-state index in [4.69, 9.17) is 20.1 Å². The van der Waals surface area contributed by atoms with Crippen molar-refractivity contribution in [1.29, 1.82) is 0 Å². The standard InChI is InChI=1S/C24H30N4O3/c1-15(2)30-22-8-6-17(13-21(22)25)24-26-23(27-31-24)20-7-5-18-14-28(10-4-12-29)11-9-19(18)16(20)3/h5-8,13,15,29H,4,9-12,14,25H2,1-3H3. The van der Waals surface area contributed by atoms with Crippen LogP contribution in [0.25, 0.3) is 22.8 Å². The molecule has 3 aromatic rings. The van der Waals surface area contributed by atoms with Crippen LogP contribution < -0.4 is 10.5 Å². The molecule has 3 N–H and O–H groups in total. The summed E-state index contributed by atoms with van der Waals surface area (Å²) in [5.74, 6) is 1.67. The fourth-order valence-corrected chi connectivity index (χ4v) is 4.12. The Bertz CT molecular complexity index is 1060. The molecule has 0 saturated carbocycles. The Morgan fingerprint density at radius 1 is 1.26 bits per heavy atom. The van der Waals surface area contributed by atoms with Crippen molar-refractivity contribution < 1.29 is 14.4 Å². The number of nitrogens with two attached hydrogens (primary N) is 1. The van der Waals surface area contributed by atoms with E-state index in [9.17, 15) is 0 Å². The lowest BCUT2D eigenvalue weighted by molar-refractivity contribution is 0.212. The van der Waals surface area contributed by atoms with Crippen molar-refractivity contribution in [1.82, 2.24) is 15.0 Å². The highest BCUT2D eigenvalue weighted by Gasteiger charge is 2.21. The molecule has 7 nitrogen and oxygen atoms in total. The second-order valence-electron chi connectivity index (χ2n) is 8.32. The van der Waals surface area contributed by atoms with Gasteiger partial charge >= 0.3 is 0 Å². The van der Waals surface area contributed by atoms with Gasteiger partial charge in [0.1, 0.15) is 5.75 Å². The van der Waals surface area contributed by atoms with E-state index in [0.29, 0.717) is 23.2 Å². The quantitative estimate of drug-likeness (QED) is 0.559. The van der Waals surface area contributed by atoms with E-state index in [0.717, 1.165) is 43.6 Å². The fourth-order valence-electron chi connectivity index (χ4n) is 4.12. The lowest BCUT2D eigenvalue weighted by Gasteiger charge is -2.30. The first-order chi connectivity index (χ1) is 15.0. The molecule has 0 saturated heterocycles. The molecule has 0 spiro atoms. The van der Waals surface area contributed by atoms with Crippen molar-refractivity contribution in [2.45, 2.75) is 46.3 Å². The highest BCUT2D eigenvalue weighted by molar-refractivity contribution is 5.68. The highest BCUT2D eigenvalue weighted by atomic mass is 16.5. The summed E-state index contributed by atoms with van der Waals surface area (Å²) in [7, 11) is 0. The summed E-state index contributed by atoms with van der Waals surface area (Å²) in [6.07, 6.45) is 1.85. The third-order valence-electron chi connectivity index (χ3n) is 5.69. The first-order valence-corrected chi connectivity index (χ1v) is 10.8. The molecule has 31 heavy (non-hydrogen) atoms. The minimum Gasteiger partial charge on any atom is -0.489 e. The van der Waals surface area contributed by atoms with Gasteiger partial charge in [0.05, 0.1) is 11.8 Å². The van der Waals surface area contributed by atoms with Crippen LogP contribution in [0.4, 0.5) is 5.69 Å². The Kier molecular flexibility index (Phi) is 6.25. The smallest absolute Gasteiger partial charge is 0.258 e. The molecular weight excluding hydrogens is 392 g/mol. The van der Waals surface area contributed by atoms with Crippen molar-refractivity contribution in [3.8, 4) is 28.6 Å². The molecule has 1 aliphatic rings. The van der Waals surface area contributed by atoms with Gasteiger partial charge in [-0.1, -0.05) is 17.3 Å². The fraction of sp³-hybridized carbons (Fsp3) is 0.417. The van der Waals surface area contributed by atoms with E-state index in [1.165, 1.54) is 16.7 Å². The van der Waals surface area contributed by atoms with Crippen LogP contribution in [-0.4, -0.2) is 45.9 Å². The number of hydrogen-bond donors (Lipinski definition) is 2. The molecule has 1 aliphatic heterocycles. The van der Waals surface area contributed by atoms with Crippen LogP contribution in [-0.2, 0) is 13.0 Å². The summed E-state index contributed by atoms with van der Waals surface area (Å²) in [5, 5.41) is 13.3. The lowest BCUT2D eigenvalue weighted by Crippen LogP contribution is -2.32. The number of rotatable bonds is 7. The average Bonchev–Trinajstić information content (AvgIpc) is 3.23. The van der Waals surface area contributed by atoms with Crippen molar-refractivity contribution in [3.63, 3.8) is 0 Å². The summed E-state index contributed by atoms with van der Waals surface area (Å²) in [6.45, 7) is 9.13. The van der Waals surface area contributed by atoms with Crippen molar-refractivity contribution in [2.75, 3.05) is 25.4 Å². The van der Waals surface area contributed by atoms with Gasteiger partial charge in [0.15, 0.2) is 0 Å². The molecule has 164 valence electrons. The van der Waals surface area contributed by atoms with E-state index in [-0.39, 0.29) is 12.7 Å². The zero-order valence-electron chi connectivity index (χ0n) is 18.4. The molecule has 0 aliphatic carbocycles. The van der Waals surface area contributed by atoms with Gasteiger partial charge in [-0.2, -0.15) is 4.98 Å². The maximum Gasteiger partial charge on any atom is 0.258 e. The number of hydrogen-bond acceptors (Lipinski definition) is 7. The summed E-state index contributed by atoms with van der Waals surface area (Å²) in [4.78, 5) is 7.03. The number of aromatic nitrogens is 2. The van der Waals surface area contributed by atoms with Crippen LogP contribution in [0.5, 0.6) is 5.75 Å². The van der Waals surface area contributed by atoms with Crippen molar-refractivity contribution >= 4 is 5.69 Å². The minimum absolute atomic E-state index is 0.0527. The number of aliphatic hydroxyl groups excluding tert-OH is 1. The molecule has 4 rings (SSSR count). The van der Waals surface area contributed by atoms with Crippen LogP contribution >= 0.6 is 0 Å². The lowest BCUT2D eigenvalue weighted by atomic mass is 9.91. The first-order valence-electron chi connectivity index (χ1n) is 10.8. The molecule has 0 amide bonds. The van der Waals surface area contributed by atoms with Gasteiger partial charge in [0.25, 0.3) is 5.89 Å². The zero-order chi connectivity index (χ0) is 22.0. The number of aliphatic hydroxyl groups is 1. The van der Waals surface area contributed by atoms with E-state index in [1.54, 1.807) is 6.07 Å². The Balaban J connectivity index is 1.57. The van der Waals surface area contributed by atoms with Gasteiger partial charge in [-0.05, 0) is 68.5 Å². The summed E-state index contributed by atoms with van der Waals surface area (Å²) in [6, 6.07) is 9.75. The predicted molar refractivity (Wildman–Crippen MR) is 121 cm³/mol. The summed E-state index contributed by atoms with van der Waals surface area (Å²) >= 11 is 0. The second kappa shape index (κ2) is 9.08. The number of nitrogen functional groups attached to an aromatic ring is 1. The van der Waals surface area contributed by atoms with Gasteiger partial charge in [-0.3, -0.25) is 4.90 Å². The highest BCUT2D eigenvalue weighted by Crippen LogP contribution is 2.32. The predicted octanol–water partition coefficient (Wildman–Crippen LogP) is 3.82. The monoisotopic (exact) mass is 422 g/mol. The molecule has 2 aromatic carbocycles. The number of nitrogens with zero attached hydrogens (tertiary/aromatic N) is 3. The summed E-state index contributed by atoms with van der Waals surface area (Å²) < 4.78 is 11.3. The van der Waals surface area contributed by atoms with Gasteiger partial charge in [0, 0.05) is 37.4 Å². The normalized spacial score (nSPS) is 14.1. The first kappa shape index (κ1) is 21.3. The maximum absolute atomic E-state index is 9.08. The molecule has 0 bridgehead atoms. The van der Waals surface area contributed by atoms with Crippen molar-refractivity contribution in [2.24, 2.45) is 0 Å². The number of anilines is 1. The van der Waals surface area contributed by atoms with E-state index < -0.39 is 0 Å². The zero-order valence-corrected chi connectivity index (χ0v) is 18.4. The van der Waals surface area contributed by atoms with E-state index >= 15 is 0 Å². The molecule has 7 heteroatoms. The Labute approximate surface area is 182 Å². The second-order valence-corrected chi connectivity index (χ2v) is 8.32. The van der Waals surface area contributed by atoms with Gasteiger partial charge in [-0.15, -0.1) is 0 Å². The van der Waals surface area contributed by atoms with E-state index in [1.807, 2.05) is 26.0 Å². The Morgan fingerprint density at radius 3 is 2.84 bits per heavy atom. The van der Waals surface area contributed by atoms with E-state index in [2.05, 4.69) is 34.1 Å². The van der Waals surface area contributed by atoms with Crippen molar-refractivity contribution in [3.05, 3.63) is 47.0 Å². The molecule has 0 unspecified atom stereocenters.